The van der Waals surface area contributed by atoms with E-state index >= 15 is 0 Å². The molecule has 20 heavy (non-hydrogen) atoms. The number of carbonyl (C=O) groups excluding carboxylic acids is 2. The summed E-state index contributed by atoms with van der Waals surface area (Å²) in [5.41, 5.74) is 1.36. The van der Waals surface area contributed by atoms with Crippen molar-refractivity contribution in [3.8, 4) is 0 Å². The molecule has 0 radical (unpaired) electrons. The minimum atomic E-state index is -0.504. The van der Waals surface area contributed by atoms with Gasteiger partial charge in [-0.2, -0.15) is 0 Å². The molecule has 0 aromatic heterocycles. The molecule has 1 aliphatic heterocycles. The second kappa shape index (κ2) is 6.47. The highest BCUT2D eigenvalue weighted by Gasteiger charge is 2.18. The fourth-order valence-electron chi connectivity index (χ4n) is 2.10. The van der Waals surface area contributed by atoms with Gasteiger partial charge in [0.05, 0.1) is 5.69 Å². The molecular weight excluding hydrogens is 263 g/mol. The number of rotatable bonds is 5. The van der Waals surface area contributed by atoms with Crippen LogP contribution in [0.4, 0.5) is 15.8 Å². The minimum absolute atomic E-state index is 0.0342. The van der Waals surface area contributed by atoms with Crippen LogP contribution < -0.4 is 10.6 Å². The third-order valence-electron chi connectivity index (χ3n) is 3.17. The molecule has 108 valence electrons. The number of hydrogen-bond donors (Lipinski definition) is 3. The van der Waals surface area contributed by atoms with E-state index < -0.39 is 5.82 Å². The number of fused-ring (bicyclic) bond motifs is 1. The first kappa shape index (κ1) is 14.5. The van der Waals surface area contributed by atoms with E-state index in [9.17, 15) is 14.0 Å². The van der Waals surface area contributed by atoms with Crippen LogP contribution in [0.5, 0.6) is 0 Å². The van der Waals surface area contributed by atoms with Crippen molar-refractivity contribution < 1.29 is 19.1 Å². The predicted octanol–water partition coefficient (Wildman–Crippen LogP) is 1.81. The lowest BCUT2D eigenvalue weighted by molar-refractivity contribution is -0.117. The molecule has 0 spiro atoms. The summed E-state index contributed by atoms with van der Waals surface area (Å²) in [5, 5.41) is 13.8. The van der Waals surface area contributed by atoms with E-state index in [-0.39, 0.29) is 30.5 Å². The zero-order valence-corrected chi connectivity index (χ0v) is 11.0. The highest BCUT2D eigenvalue weighted by Crippen LogP contribution is 2.28. The molecule has 0 saturated heterocycles. The first-order valence-electron chi connectivity index (χ1n) is 6.63. The van der Waals surface area contributed by atoms with Gasteiger partial charge in [0.15, 0.2) is 0 Å². The normalized spacial score (nSPS) is 13.6. The van der Waals surface area contributed by atoms with Gasteiger partial charge in [-0.15, -0.1) is 0 Å². The van der Waals surface area contributed by atoms with Crippen LogP contribution in [0.2, 0.25) is 0 Å². The van der Waals surface area contributed by atoms with Crippen molar-refractivity contribution in [3.63, 3.8) is 0 Å². The van der Waals surface area contributed by atoms with E-state index in [1.165, 1.54) is 12.1 Å². The molecule has 5 nitrogen and oxygen atoms in total. The molecule has 1 aliphatic rings. The second-order valence-electron chi connectivity index (χ2n) is 4.77. The van der Waals surface area contributed by atoms with E-state index in [0.717, 1.165) is 5.56 Å². The monoisotopic (exact) mass is 280 g/mol. The maximum absolute atomic E-state index is 13.9. The van der Waals surface area contributed by atoms with Gasteiger partial charge in [0.25, 0.3) is 0 Å². The lowest BCUT2D eigenvalue weighted by Gasteiger charge is -2.18. The Labute approximate surface area is 116 Å². The van der Waals surface area contributed by atoms with Crippen LogP contribution in [0, 0.1) is 5.82 Å². The van der Waals surface area contributed by atoms with Crippen molar-refractivity contribution in [2.75, 3.05) is 17.2 Å². The summed E-state index contributed by atoms with van der Waals surface area (Å²) in [6.07, 6.45) is 2.16. The molecule has 0 unspecified atom stereocenters. The standard InChI is InChI=1S/C14H17FN2O3/c15-10-7-9-4-5-14(20)16-11(9)8-12(10)17-13(19)3-1-2-6-18/h7-8,18H,1-6H2,(H,16,20)(H,17,19). The first-order valence-corrected chi connectivity index (χ1v) is 6.63. The van der Waals surface area contributed by atoms with Crippen LogP contribution in [0.15, 0.2) is 12.1 Å². The molecule has 1 aromatic carbocycles. The van der Waals surface area contributed by atoms with E-state index in [4.69, 9.17) is 5.11 Å². The molecule has 1 heterocycles. The summed E-state index contributed by atoms with van der Waals surface area (Å²) < 4.78 is 13.9. The van der Waals surface area contributed by atoms with Crippen molar-refractivity contribution in [3.05, 3.63) is 23.5 Å². The Kier molecular flexibility index (Phi) is 4.68. The molecular formula is C14H17FN2O3. The number of aliphatic hydroxyl groups is 1. The summed E-state index contributed by atoms with van der Waals surface area (Å²) in [4.78, 5) is 22.9. The maximum atomic E-state index is 13.9. The molecule has 0 saturated carbocycles. The molecule has 2 amide bonds. The van der Waals surface area contributed by atoms with E-state index in [2.05, 4.69) is 10.6 Å². The van der Waals surface area contributed by atoms with E-state index in [0.29, 0.717) is 31.4 Å². The Bertz CT molecular complexity index is 531. The van der Waals surface area contributed by atoms with Gasteiger partial charge in [-0.05, 0) is 37.0 Å². The van der Waals surface area contributed by atoms with E-state index in [1.807, 2.05) is 0 Å². The van der Waals surface area contributed by atoms with Crippen LogP contribution in [-0.2, 0) is 16.0 Å². The van der Waals surface area contributed by atoms with Crippen LogP contribution in [-0.4, -0.2) is 23.5 Å². The number of anilines is 2. The summed E-state index contributed by atoms with van der Waals surface area (Å²) in [5.74, 6) is -0.917. The number of halogens is 1. The number of unbranched alkanes of at least 4 members (excludes halogenated alkanes) is 1. The number of nitrogens with one attached hydrogen (secondary N) is 2. The molecule has 3 N–H and O–H groups in total. The maximum Gasteiger partial charge on any atom is 0.224 e. The van der Waals surface area contributed by atoms with Crippen molar-refractivity contribution in [2.45, 2.75) is 32.1 Å². The molecule has 0 atom stereocenters. The predicted molar refractivity (Wildman–Crippen MR) is 72.9 cm³/mol. The van der Waals surface area contributed by atoms with Crippen molar-refractivity contribution in [2.24, 2.45) is 0 Å². The summed E-state index contributed by atoms with van der Waals surface area (Å²) in [6, 6.07) is 2.80. The molecule has 2 rings (SSSR count). The number of aryl methyl sites for hydroxylation is 1. The summed E-state index contributed by atoms with van der Waals surface area (Å²) in [6.45, 7) is 0.0342. The van der Waals surface area contributed by atoms with Gasteiger partial charge >= 0.3 is 0 Å². The van der Waals surface area contributed by atoms with Crippen molar-refractivity contribution in [1.29, 1.82) is 0 Å². The molecule has 0 fully saturated rings. The Hall–Kier alpha value is -1.95. The van der Waals surface area contributed by atoms with Crippen LogP contribution in [0.3, 0.4) is 0 Å². The number of hydrogen-bond acceptors (Lipinski definition) is 3. The largest absolute Gasteiger partial charge is 0.396 e. The molecule has 0 bridgehead atoms. The van der Waals surface area contributed by atoms with Gasteiger partial charge < -0.3 is 15.7 Å². The topological polar surface area (TPSA) is 78.4 Å². The zero-order valence-electron chi connectivity index (χ0n) is 11.0. The Morgan fingerprint density at radius 2 is 2.15 bits per heavy atom. The highest BCUT2D eigenvalue weighted by atomic mass is 19.1. The quantitative estimate of drug-likeness (QED) is 0.720. The SMILES string of the molecule is O=C(CCCCO)Nc1cc2c(cc1F)CCC(=O)N2. The van der Waals surface area contributed by atoms with Gasteiger partial charge in [-0.25, -0.2) is 4.39 Å². The lowest BCUT2D eigenvalue weighted by atomic mass is 10.0. The van der Waals surface area contributed by atoms with E-state index in [1.54, 1.807) is 0 Å². The molecule has 6 heteroatoms. The Balaban J connectivity index is 2.06. The van der Waals surface area contributed by atoms with Crippen LogP contribution in [0.1, 0.15) is 31.2 Å². The molecule has 0 aliphatic carbocycles. The minimum Gasteiger partial charge on any atom is -0.396 e. The van der Waals surface area contributed by atoms with Gasteiger partial charge in [0, 0.05) is 25.1 Å². The number of carbonyl (C=O) groups is 2. The Morgan fingerprint density at radius 3 is 2.90 bits per heavy atom. The van der Waals surface area contributed by atoms with Crippen LogP contribution >= 0.6 is 0 Å². The van der Waals surface area contributed by atoms with Crippen molar-refractivity contribution >= 4 is 23.2 Å². The summed E-state index contributed by atoms with van der Waals surface area (Å²) >= 11 is 0. The number of amides is 2. The lowest BCUT2D eigenvalue weighted by Crippen LogP contribution is -2.20. The Morgan fingerprint density at radius 1 is 1.35 bits per heavy atom. The number of aliphatic hydroxyl groups excluding tert-OH is 1. The van der Waals surface area contributed by atoms with Gasteiger partial charge in [0.2, 0.25) is 11.8 Å². The fraction of sp³-hybridized carbons (Fsp3) is 0.429. The van der Waals surface area contributed by atoms with Gasteiger partial charge in [0.1, 0.15) is 5.82 Å². The zero-order chi connectivity index (χ0) is 14.5. The average molecular weight is 280 g/mol. The molecule has 1 aromatic rings. The highest BCUT2D eigenvalue weighted by molar-refractivity contribution is 5.96. The fourth-order valence-corrected chi connectivity index (χ4v) is 2.10. The number of benzene rings is 1. The van der Waals surface area contributed by atoms with Gasteiger partial charge in [-0.1, -0.05) is 0 Å². The van der Waals surface area contributed by atoms with Gasteiger partial charge in [-0.3, -0.25) is 9.59 Å². The van der Waals surface area contributed by atoms with Crippen molar-refractivity contribution in [1.82, 2.24) is 0 Å². The third-order valence-corrected chi connectivity index (χ3v) is 3.17. The third kappa shape index (κ3) is 3.54. The smallest absolute Gasteiger partial charge is 0.224 e. The van der Waals surface area contributed by atoms with Crippen LogP contribution in [0.25, 0.3) is 0 Å². The second-order valence-corrected chi connectivity index (χ2v) is 4.77. The average Bonchev–Trinajstić information content (AvgIpc) is 2.40. The summed E-state index contributed by atoms with van der Waals surface area (Å²) in [7, 11) is 0. The first-order chi connectivity index (χ1) is 9.60.